The Hall–Kier alpha value is -0.600. The second-order valence-corrected chi connectivity index (χ2v) is 5.80. The minimum Gasteiger partial charge on any atom is -0.314 e. The Bertz CT molecular complexity index is 359. The molecule has 19 heavy (non-hydrogen) atoms. The minimum absolute atomic E-state index is 0.185. The fourth-order valence-corrected chi connectivity index (χ4v) is 2.53. The lowest BCUT2D eigenvalue weighted by atomic mass is 9.96. The first-order valence-corrected chi connectivity index (χ1v) is 7.60. The molecule has 0 aromatic heterocycles. The largest absolute Gasteiger partial charge is 0.314 e. The summed E-state index contributed by atoms with van der Waals surface area (Å²) in [5, 5.41) is 4.10. The van der Waals surface area contributed by atoms with Crippen molar-refractivity contribution in [2.24, 2.45) is 5.92 Å². The molecule has 1 nitrogen and oxygen atoms in total. The van der Waals surface area contributed by atoms with Crippen LogP contribution < -0.4 is 5.32 Å². The molecule has 0 spiro atoms. The van der Waals surface area contributed by atoms with Gasteiger partial charge in [0.1, 0.15) is 5.82 Å². The molecule has 0 heterocycles. The molecule has 0 fully saturated rings. The molecule has 1 atom stereocenters. The van der Waals surface area contributed by atoms with Gasteiger partial charge in [-0.2, -0.15) is 0 Å². The van der Waals surface area contributed by atoms with Crippen molar-refractivity contribution in [2.75, 3.05) is 6.54 Å². The van der Waals surface area contributed by atoms with E-state index in [0.717, 1.165) is 25.8 Å². The topological polar surface area (TPSA) is 12.0 Å². The monoisotopic (exact) mass is 285 g/mol. The maximum Gasteiger partial charge on any atom is 0.127 e. The zero-order chi connectivity index (χ0) is 14.3. The van der Waals surface area contributed by atoms with E-state index in [0.29, 0.717) is 29.0 Å². The standard InChI is InChI=1S/C16H25ClFN/c1-4-11-19-16(12(2)3)10-5-7-13-14(17)8-6-9-15(13)18/h6,8-9,12,16,19H,4-5,7,10-11H2,1-3H3. The van der Waals surface area contributed by atoms with Gasteiger partial charge in [-0.25, -0.2) is 4.39 Å². The van der Waals surface area contributed by atoms with Crippen LogP contribution in [0.5, 0.6) is 0 Å². The summed E-state index contributed by atoms with van der Waals surface area (Å²) in [6.45, 7) is 7.67. The fourth-order valence-electron chi connectivity index (χ4n) is 2.27. The zero-order valence-electron chi connectivity index (χ0n) is 12.2. The van der Waals surface area contributed by atoms with E-state index in [4.69, 9.17) is 11.6 Å². The Balaban J connectivity index is 2.47. The highest BCUT2D eigenvalue weighted by Crippen LogP contribution is 2.22. The van der Waals surface area contributed by atoms with Gasteiger partial charge in [0.05, 0.1) is 0 Å². The Morgan fingerprint density at radius 1 is 1.32 bits per heavy atom. The molecule has 0 aliphatic carbocycles. The average molecular weight is 286 g/mol. The van der Waals surface area contributed by atoms with E-state index in [1.807, 2.05) is 0 Å². The SMILES string of the molecule is CCCNC(CCCc1c(F)cccc1Cl)C(C)C. The summed E-state index contributed by atoms with van der Waals surface area (Å²) in [5.41, 5.74) is 0.655. The molecule has 1 aromatic carbocycles. The van der Waals surface area contributed by atoms with Crippen molar-refractivity contribution >= 4 is 11.6 Å². The van der Waals surface area contributed by atoms with Crippen molar-refractivity contribution in [2.45, 2.75) is 52.5 Å². The number of halogens is 2. The van der Waals surface area contributed by atoms with Crippen molar-refractivity contribution in [3.63, 3.8) is 0 Å². The third kappa shape index (κ3) is 5.50. The Morgan fingerprint density at radius 2 is 2.05 bits per heavy atom. The summed E-state index contributed by atoms with van der Waals surface area (Å²) >= 11 is 6.04. The van der Waals surface area contributed by atoms with Gasteiger partial charge in [-0.3, -0.25) is 0 Å². The molecule has 0 amide bonds. The number of hydrogen-bond donors (Lipinski definition) is 1. The molecule has 1 unspecified atom stereocenters. The number of nitrogens with one attached hydrogen (secondary N) is 1. The lowest BCUT2D eigenvalue weighted by Gasteiger charge is -2.22. The van der Waals surface area contributed by atoms with E-state index >= 15 is 0 Å². The molecule has 0 bridgehead atoms. The highest BCUT2D eigenvalue weighted by Gasteiger charge is 2.13. The summed E-state index contributed by atoms with van der Waals surface area (Å²) in [4.78, 5) is 0. The predicted octanol–water partition coefficient (Wildman–Crippen LogP) is 4.83. The normalized spacial score (nSPS) is 12.9. The van der Waals surface area contributed by atoms with Crippen LogP contribution in [0.4, 0.5) is 4.39 Å². The first kappa shape index (κ1) is 16.5. The molecular formula is C16H25ClFN. The number of benzene rings is 1. The van der Waals surface area contributed by atoms with Crippen molar-refractivity contribution in [3.8, 4) is 0 Å². The van der Waals surface area contributed by atoms with Crippen LogP contribution >= 0.6 is 11.6 Å². The van der Waals surface area contributed by atoms with Gasteiger partial charge in [0.15, 0.2) is 0 Å². The average Bonchev–Trinajstić information content (AvgIpc) is 2.36. The van der Waals surface area contributed by atoms with E-state index < -0.39 is 0 Å². The molecule has 1 rings (SSSR count). The van der Waals surface area contributed by atoms with Gasteiger partial charge in [-0.05, 0) is 50.3 Å². The van der Waals surface area contributed by atoms with Crippen LogP contribution in [0.25, 0.3) is 0 Å². The van der Waals surface area contributed by atoms with Crippen LogP contribution in [-0.4, -0.2) is 12.6 Å². The first-order chi connectivity index (χ1) is 9.06. The van der Waals surface area contributed by atoms with E-state index in [1.54, 1.807) is 12.1 Å². The highest BCUT2D eigenvalue weighted by atomic mass is 35.5. The lowest BCUT2D eigenvalue weighted by Crippen LogP contribution is -2.34. The Labute approximate surface area is 121 Å². The van der Waals surface area contributed by atoms with Crippen molar-refractivity contribution < 1.29 is 4.39 Å². The molecule has 108 valence electrons. The first-order valence-electron chi connectivity index (χ1n) is 7.22. The van der Waals surface area contributed by atoms with Gasteiger partial charge in [-0.15, -0.1) is 0 Å². The Morgan fingerprint density at radius 3 is 2.63 bits per heavy atom. The van der Waals surface area contributed by atoms with Crippen LogP contribution in [0.3, 0.4) is 0 Å². The van der Waals surface area contributed by atoms with Crippen molar-refractivity contribution in [1.82, 2.24) is 5.32 Å². The maximum absolute atomic E-state index is 13.6. The third-order valence-electron chi connectivity index (χ3n) is 3.46. The third-order valence-corrected chi connectivity index (χ3v) is 3.82. The van der Waals surface area contributed by atoms with Crippen LogP contribution in [0.2, 0.25) is 5.02 Å². The quantitative estimate of drug-likeness (QED) is 0.722. The summed E-state index contributed by atoms with van der Waals surface area (Å²) in [6, 6.07) is 5.40. The molecule has 1 aromatic rings. The smallest absolute Gasteiger partial charge is 0.127 e. The maximum atomic E-state index is 13.6. The van der Waals surface area contributed by atoms with Gasteiger partial charge in [0.25, 0.3) is 0 Å². The zero-order valence-corrected chi connectivity index (χ0v) is 12.9. The molecule has 0 aliphatic rings. The Kier molecular flexibility index (Phi) is 7.40. The summed E-state index contributed by atoms with van der Waals surface area (Å²) < 4.78 is 13.6. The van der Waals surface area contributed by atoms with Crippen LogP contribution in [0.15, 0.2) is 18.2 Å². The van der Waals surface area contributed by atoms with Gasteiger partial charge in [0, 0.05) is 16.6 Å². The molecular weight excluding hydrogens is 261 g/mol. The second-order valence-electron chi connectivity index (χ2n) is 5.40. The summed E-state index contributed by atoms with van der Waals surface area (Å²) in [6.07, 6.45) is 3.87. The lowest BCUT2D eigenvalue weighted by molar-refractivity contribution is 0.370. The van der Waals surface area contributed by atoms with Crippen molar-refractivity contribution in [3.05, 3.63) is 34.6 Å². The molecule has 1 N–H and O–H groups in total. The predicted molar refractivity (Wildman–Crippen MR) is 81.3 cm³/mol. The van der Waals surface area contributed by atoms with Gasteiger partial charge >= 0.3 is 0 Å². The van der Waals surface area contributed by atoms with Gasteiger partial charge in [0.2, 0.25) is 0 Å². The van der Waals surface area contributed by atoms with Crippen LogP contribution in [0, 0.1) is 11.7 Å². The van der Waals surface area contributed by atoms with E-state index in [-0.39, 0.29) is 5.82 Å². The van der Waals surface area contributed by atoms with Gasteiger partial charge < -0.3 is 5.32 Å². The van der Waals surface area contributed by atoms with E-state index in [2.05, 4.69) is 26.1 Å². The second kappa shape index (κ2) is 8.55. The molecule has 0 saturated heterocycles. The highest BCUT2D eigenvalue weighted by molar-refractivity contribution is 6.31. The molecule has 0 saturated carbocycles. The molecule has 0 aliphatic heterocycles. The summed E-state index contributed by atoms with van der Waals surface area (Å²) in [5.74, 6) is 0.415. The van der Waals surface area contributed by atoms with E-state index in [1.165, 1.54) is 6.07 Å². The number of rotatable bonds is 8. The number of hydrogen-bond acceptors (Lipinski definition) is 1. The van der Waals surface area contributed by atoms with Crippen LogP contribution in [0.1, 0.15) is 45.6 Å². The fraction of sp³-hybridized carbons (Fsp3) is 0.625. The van der Waals surface area contributed by atoms with Gasteiger partial charge in [-0.1, -0.05) is 38.4 Å². The van der Waals surface area contributed by atoms with Crippen molar-refractivity contribution in [1.29, 1.82) is 0 Å². The molecule has 3 heteroatoms. The van der Waals surface area contributed by atoms with E-state index in [9.17, 15) is 4.39 Å². The molecule has 0 radical (unpaired) electrons. The van der Waals surface area contributed by atoms with Crippen LogP contribution in [-0.2, 0) is 6.42 Å². The summed E-state index contributed by atoms with van der Waals surface area (Å²) in [7, 11) is 0. The minimum atomic E-state index is -0.185.